The van der Waals surface area contributed by atoms with Gasteiger partial charge in [-0.2, -0.15) is 0 Å². The van der Waals surface area contributed by atoms with Crippen LogP contribution in [0.2, 0.25) is 0 Å². The molecule has 3 heterocycles. The molecule has 2 aromatic heterocycles. The first-order valence-corrected chi connectivity index (χ1v) is 11.3. The van der Waals surface area contributed by atoms with E-state index in [0.717, 1.165) is 39.2 Å². The Labute approximate surface area is 192 Å². The van der Waals surface area contributed by atoms with E-state index >= 15 is 0 Å². The zero-order valence-electron chi connectivity index (χ0n) is 20.0. The Morgan fingerprint density at radius 2 is 1.61 bits per heavy atom. The summed E-state index contributed by atoms with van der Waals surface area (Å²) >= 11 is 0. The van der Waals surface area contributed by atoms with Crippen molar-refractivity contribution < 1.29 is 4.74 Å². The average molecular weight is 444 g/mol. The second-order valence-corrected chi connectivity index (χ2v) is 9.25. The Bertz CT molecular complexity index is 1530. The summed E-state index contributed by atoms with van der Waals surface area (Å²) in [6.45, 7) is 9.48. The molecule has 0 unspecified atom stereocenters. The van der Waals surface area contributed by atoms with Gasteiger partial charge in [0.1, 0.15) is 6.10 Å². The summed E-state index contributed by atoms with van der Waals surface area (Å²) in [6.07, 6.45) is -0.363. The molecular formula is C27H29N3O3. The summed E-state index contributed by atoms with van der Waals surface area (Å²) in [7, 11) is 3.29. The fraction of sp³-hybridized carbons (Fsp3) is 0.333. The lowest BCUT2D eigenvalue weighted by molar-refractivity contribution is 0.0471. The molecule has 1 aliphatic heterocycles. The van der Waals surface area contributed by atoms with Crippen LogP contribution in [0.15, 0.2) is 46.0 Å². The predicted molar refractivity (Wildman–Crippen MR) is 131 cm³/mol. The van der Waals surface area contributed by atoms with Gasteiger partial charge in [-0.05, 0) is 56.0 Å². The second kappa shape index (κ2) is 7.59. The minimum absolute atomic E-state index is 0.275. The smallest absolute Gasteiger partial charge is 0.331 e. The van der Waals surface area contributed by atoms with Gasteiger partial charge < -0.3 is 9.30 Å². The monoisotopic (exact) mass is 443 g/mol. The predicted octanol–water partition coefficient (Wildman–Crippen LogP) is 4.06. The highest BCUT2D eigenvalue weighted by Crippen LogP contribution is 2.42. The third kappa shape index (κ3) is 3.12. The molecule has 0 saturated heterocycles. The fourth-order valence-corrected chi connectivity index (χ4v) is 5.50. The van der Waals surface area contributed by atoms with E-state index in [0.29, 0.717) is 24.1 Å². The third-order valence-electron chi connectivity index (χ3n) is 6.84. The number of hydrogen-bond acceptors (Lipinski definition) is 3. The Hall–Kier alpha value is -3.38. The number of ether oxygens (including phenoxy) is 1. The van der Waals surface area contributed by atoms with Crippen LogP contribution in [0, 0.1) is 27.7 Å². The molecule has 0 radical (unpaired) electrons. The van der Waals surface area contributed by atoms with Crippen LogP contribution in [0.4, 0.5) is 0 Å². The molecule has 5 rings (SSSR count). The minimum atomic E-state index is -0.363. The standard InChI is InChI=1S/C27H29N3O3/c1-15-8-7-9-19(14-15)22-21-23(28(5)27(32)29(6)26(21)31)24-25(33-11-10-30(22)24)20-17(3)12-16(2)13-18(20)4/h7-9,12-14,25H,10-11H2,1-6H3/t25-/m1/s1. The first-order chi connectivity index (χ1) is 15.7. The molecular weight excluding hydrogens is 414 g/mol. The van der Waals surface area contributed by atoms with Crippen LogP contribution in [-0.4, -0.2) is 20.3 Å². The van der Waals surface area contributed by atoms with Gasteiger partial charge in [0, 0.05) is 20.6 Å². The van der Waals surface area contributed by atoms with Gasteiger partial charge in [-0.1, -0.05) is 41.5 Å². The highest BCUT2D eigenvalue weighted by atomic mass is 16.5. The molecule has 0 bridgehead atoms. The second-order valence-electron chi connectivity index (χ2n) is 9.25. The van der Waals surface area contributed by atoms with Crippen molar-refractivity contribution in [1.29, 1.82) is 0 Å². The van der Waals surface area contributed by atoms with Crippen LogP contribution < -0.4 is 11.2 Å². The molecule has 170 valence electrons. The van der Waals surface area contributed by atoms with Gasteiger partial charge in [0.05, 0.1) is 28.9 Å². The first-order valence-electron chi connectivity index (χ1n) is 11.3. The van der Waals surface area contributed by atoms with Crippen LogP contribution in [0.3, 0.4) is 0 Å². The molecule has 0 fully saturated rings. The molecule has 0 N–H and O–H groups in total. The van der Waals surface area contributed by atoms with Crippen molar-refractivity contribution in [1.82, 2.24) is 13.7 Å². The van der Waals surface area contributed by atoms with E-state index in [4.69, 9.17) is 4.74 Å². The number of hydrogen-bond donors (Lipinski definition) is 0. The quantitative estimate of drug-likeness (QED) is 0.470. The van der Waals surface area contributed by atoms with E-state index in [1.165, 1.54) is 10.1 Å². The fourth-order valence-electron chi connectivity index (χ4n) is 5.50. The molecule has 1 atom stereocenters. The van der Waals surface area contributed by atoms with Crippen LogP contribution in [0.25, 0.3) is 22.2 Å². The molecule has 0 aliphatic carbocycles. The van der Waals surface area contributed by atoms with Crippen LogP contribution in [0.5, 0.6) is 0 Å². The molecule has 33 heavy (non-hydrogen) atoms. The van der Waals surface area contributed by atoms with Gasteiger partial charge in [-0.3, -0.25) is 13.9 Å². The number of aryl methyl sites for hydroxylation is 5. The zero-order chi connectivity index (χ0) is 23.6. The van der Waals surface area contributed by atoms with Crippen molar-refractivity contribution in [2.45, 2.75) is 40.3 Å². The lowest BCUT2D eigenvalue weighted by Gasteiger charge is -2.30. The summed E-state index contributed by atoms with van der Waals surface area (Å²) in [4.78, 5) is 26.5. The molecule has 6 nitrogen and oxygen atoms in total. The molecule has 2 aromatic carbocycles. The SMILES string of the molecule is Cc1cccc(-c2c3c(=O)n(C)c(=O)n(C)c3c3n2CCO[C@@H]3c2c(C)cc(C)cc2C)c1. The lowest BCUT2D eigenvalue weighted by atomic mass is 9.93. The van der Waals surface area contributed by atoms with E-state index in [9.17, 15) is 9.59 Å². The molecule has 1 aliphatic rings. The van der Waals surface area contributed by atoms with Crippen LogP contribution >= 0.6 is 0 Å². The third-order valence-corrected chi connectivity index (χ3v) is 6.84. The number of aromatic nitrogens is 3. The number of nitrogens with zero attached hydrogens (tertiary/aromatic N) is 3. The van der Waals surface area contributed by atoms with Gasteiger partial charge in [0.2, 0.25) is 0 Å². The largest absolute Gasteiger partial charge is 0.365 e. The average Bonchev–Trinajstić information content (AvgIpc) is 3.12. The van der Waals surface area contributed by atoms with Gasteiger partial charge >= 0.3 is 5.69 Å². The van der Waals surface area contributed by atoms with Gasteiger partial charge in [-0.15, -0.1) is 0 Å². The highest BCUT2D eigenvalue weighted by molar-refractivity contribution is 5.96. The molecule has 0 spiro atoms. The van der Waals surface area contributed by atoms with Crippen molar-refractivity contribution >= 4 is 10.9 Å². The molecule has 4 aromatic rings. The Morgan fingerprint density at radius 1 is 0.909 bits per heavy atom. The summed E-state index contributed by atoms with van der Waals surface area (Å²) in [5.74, 6) is 0. The maximum atomic E-state index is 13.5. The van der Waals surface area contributed by atoms with Crippen molar-refractivity contribution in [3.63, 3.8) is 0 Å². The summed E-state index contributed by atoms with van der Waals surface area (Å²) in [6, 6.07) is 12.5. The van der Waals surface area contributed by atoms with Gasteiger partial charge in [0.25, 0.3) is 5.56 Å². The molecule has 0 amide bonds. The van der Waals surface area contributed by atoms with E-state index in [2.05, 4.69) is 43.5 Å². The Balaban J connectivity index is 1.97. The van der Waals surface area contributed by atoms with E-state index in [-0.39, 0.29) is 17.4 Å². The Morgan fingerprint density at radius 3 is 2.27 bits per heavy atom. The Kier molecular flexibility index (Phi) is 4.94. The summed E-state index contributed by atoms with van der Waals surface area (Å²) in [5, 5.41) is 0.568. The van der Waals surface area contributed by atoms with Crippen molar-refractivity contribution in [2.24, 2.45) is 14.1 Å². The molecule has 6 heteroatoms. The van der Waals surface area contributed by atoms with E-state index in [1.54, 1.807) is 18.7 Å². The van der Waals surface area contributed by atoms with E-state index < -0.39 is 0 Å². The maximum Gasteiger partial charge on any atom is 0.331 e. The van der Waals surface area contributed by atoms with Gasteiger partial charge in [-0.25, -0.2) is 4.79 Å². The van der Waals surface area contributed by atoms with Crippen molar-refractivity contribution in [3.8, 4) is 11.3 Å². The minimum Gasteiger partial charge on any atom is -0.365 e. The van der Waals surface area contributed by atoms with E-state index in [1.807, 2.05) is 25.1 Å². The van der Waals surface area contributed by atoms with Crippen LogP contribution in [0.1, 0.15) is 39.6 Å². The maximum absolute atomic E-state index is 13.5. The summed E-state index contributed by atoms with van der Waals surface area (Å²) in [5.41, 5.74) is 8.46. The number of benzene rings is 2. The normalized spacial score (nSPS) is 15.8. The zero-order valence-corrected chi connectivity index (χ0v) is 20.0. The van der Waals surface area contributed by atoms with Gasteiger partial charge in [0.15, 0.2) is 0 Å². The lowest BCUT2D eigenvalue weighted by Crippen LogP contribution is -2.37. The summed E-state index contributed by atoms with van der Waals surface area (Å²) < 4.78 is 11.4. The highest BCUT2D eigenvalue weighted by Gasteiger charge is 2.34. The van der Waals surface area contributed by atoms with Crippen molar-refractivity contribution in [2.75, 3.05) is 6.61 Å². The molecule has 0 saturated carbocycles. The number of fused-ring (bicyclic) bond motifs is 3. The van der Waals surface area contributed by atoms with Crippen molar-refractivity contribution in [3.05, 3.63) is 90.7 Å². The van der Waals surface area contributed by atoms with Crippen LogP contribution in [-0.2, 0) is 25.4 Å². The topological polar surface area (TPSA) is 58.2 Å². The number of rotatable bonds is 2. The first kappa shape index (κ1) is 21.5.